The first-order valence-electron chi connectivity index (χ1n) is 7.27. The Morgan fingerprint density at radius 3 is 2.95 bits per heavy atom. The molecule has 2 aromatic carbocycles. The Kier molecular flexibility index (Phi) is 3.98. The molecule has 0 fully saturated rings. The topological polar surface area (TPSA) is 35.8 Å². The zero-order valence-corrected chi connectivity index (χ0v) is 11.8. The monoisotopic (exact) mass is 280 g/mol. The third-order valence-electron chi connectivity index (χ3n) is 4.08. The summed E-state index contributed by atoms with van der Waals surface area (Å²) in [6.45, 7) is 0.445. The van der Waals surface area contributed by atoms with Gasteiger partial charge in [0.15, 0.2) is 0 Å². The minimum absolute atomic E-state index is 0.259. The molecule has 0 saturated heterocycles. The number of aryl methyl sites for hydroxylation is 1. The third-order valence-corrected chi connectivity index (χ3v) is 4.08. The van der Waals surface area contributed by atoms with Crippen molar-refractivity contribution in [2.24, 2.45) is 0 Å². The van der Waals surface area contributed by atoms with Gasteiger partial charge in [-0.15, -0.1) is 0 Å². The van der Waals surface area contributed by atoms with Crippen molar-refractivity contribution in [1.29, 1.82) is 5.26 Å². The molecule has 0 bridgehead atoms. The van der Waals surface area contributed by atoms with Crippen LogP contribution >= 0.6 is 0 Å². The average molecular weight is 280 g/mol. The predicted octanol–water partition coefficient (Wildman–Crippen LogP) is 3.86. The largest absolute Gasteiger partial charge is 0.306 e. The molecule has 21 heavy (non-hydrogen) atoms. The average Bonchev–Trinajstić information content (AvgIpc) is 2.54. The molecule has 0 heterocycles. The van der Waals surface area contributed by atoms with Crippen LogP contribution in [0, 0.1) is 17.1 Å². The fourth-order valence-electron chi connectivity index (χ4n) is 2.98. The quantitative estimate of drug-likeness (QED) is 0.926. The highest BCUT2D eigenvalue weighted by Gasteiger charge is 2.19. The molecule has 0 aliphatic heterocycles. The zero-order valence-electron chi connectivity index (χ0n) is 11.8. The first-order chi connectivity index (χ1) is 10.3. The van der Waals surface area contributed by atoms with Crippen LogP contribution in [0.2, 0.25) is 0 Å². The summed E-state index contributed by atoms with van der Waals surface area (Å²) in [6, 6.07) is 15.2. The summed E-state index contributed by atoms with van der Waals surface area (Å²) in [5, 5.41) is 12.3. The highest BCUT2D eigenvalue weighted by Crippen LogP contribution is 2.29. The fourth-order valence-corrected chi connectivity index (χ4v) is 2.98. The summed E-state index contributed by atoms with van der Waals surface area (Å²) in [7, 11) is 0. The Morgan fingerprint density at radius 1 is 1.24 bits per heavy atom. The number of hydrogen-bond donors (Lipinski definition) is 1. The van der Waals surface area contributed by atoms with E-state index in [-0.39, 0.29) is 11.9 Å². The van der Waals surface area contributed by atoms with Gasteiger partial charge >= 0.3 is 0 Å². The van der Waals surface area contributed by atoms with Crippen molar-refractivity contribution in [3.8, 4) is 6.07 Å². The van der Waals surface area contributed by atoms with E-state index in [2.05, 4.69) is 35.7 Å². The summed E-state index contributed by atoms with van der Waals surface area (Å²) < 4.78 is 13.8. The Balaban J connectivity index is 1.76. The first kappa shape index (κ1) is 13.8. The van der Waals surface area contributed by atoms with Gasteiger partial charge in [0.1, 0.15) is 5.82 Å². The minimum Gasteiger partial charge on any atom is -0.306 e. The molecule has 3 heteroatoms. The second kappa shape index (κ2) is 6.07. The first-order valence-corrected chi connectivity index (χ1v) is 7.27. The SMILES string of the molecule is N#Cc1ccc(F)c(CNC2CCCc3ccccc32)c1. The lowest BCUT2D eigenvalue weighted by Crippen LogP contribution is -2.25. The van der Waals surface area contributed by atoms with E-state index >= 15 is 0 Å². The van der Waals surface area contributed by atoms with Gasteiger partial charge in [0.25, 0.3) is 0 Å². The van der Waals surface area contributed by atoms with E-state index in [0.29, 0.717) is 17.7 Å². The van der Waals surface area contributed by atoms with Crippen LogP contribution in [0.3, 0.4) is 0 Å². The number of halogens is 1. The molecule has 1 unspecified atom stereocenters. The van der Waals surface area contributed by atoms with E-state index in [4.69, 9.17) is 5.26 Å². The molecule has 1 aliphatic carbocycles. The van der Waals surface area contributed by atoms with Crippen molar-refractivity contribution in [2.75, 3.05) is 0 Å². The van der Waals surface area contributed by atoms with Crippen molar-refractivity contribution in [3.05, 3.63) is 70.5 Å². The molecule has 0 saturated carbocycles. The lowest BCUT2D eigenvalue weighted by molar-refractivity contribution is 0.452. The van der Waals surface area contributed by atoms with Crippen molar-refractivity contribution in [3.63, 3.8) is 0 Å². The molecule has 0 radical (unpaired) electrons. The normalized spacial score (nSPS) is 17.0. The highest BCUT2D eigenvalue weighted by atomic mass is 19.1. The maximum atomic E-state index is 13.8. The Labute approximate surface area is 124 Å². The van der Waals surface area contributed by atoms with Crippen LogP contribution in [0.5, 0.6) is 0 Å². The molecule has 2 aromatic rings. The predicted molar refractivity (Wildman–Crippen MR) is 80.1 cm³/mol. The van der Waals surface area contributed by atoms with Crippen molar-refractivity contribution >= 4 is 0 Å². The minimum atomic E-state index is -0.259. The molecule has 3 rings (SSSR count). The van der Waals surface area contributed by atoms with E-state index in [1.54, 1.807) is 6.07 Å². The summed E-state index contributed by atoms with van der Waals surface area (Å²) in [4.78, 5) is 0. The number of benzene rings is 2. The van der Waals surface area contributed by atoms with E-state index in [1.165, 1.54) is 23.3 Å². The summed E-state index contributed by atoms with van der Waals surface area (Å²) in [6.07, 6.45) is 3.33. The maximum absolute atomic E-state index is 13.8. The van der Waals surface area contributed by atoms with Gasteiger partial charge in [-0.05, 0) is 48.6 Å². The fraction of sp³-hybridized carbons (Fsp3) is 0.278. The maximum Gasteiger partial charge on any atom is 0.127 e. The highest BCUT2D eigenvalue weighted by molar-refractivity contribution is 5.35. The van der Waals surface area contributed by atoms with Gasteiger partial charge in [0.05, 0.1) is 11.6 Å². The van der Waals surface area contributed by atoms with Crippen molar-refractivity contribution in [1.82, 2.24) is 5.32 Å². The van der Waals surface area contributed by atoms with E-state index in [1.807, 2.05) is 0 Å². The zero-order chi connectivity index (χ0) is 14.7. The van der Waals surface area contributed by atoms with Crippen molar-refractivity contribution in [2.45, 2.75) is 31.8 Å². The summed E-state index contributed by atoms with van der Waals surface area (Å²) in [5.41, 5.74) is 3.75. The van der Waals surface area contributed by atoms with Gasteiger partial charge in [-0.2, -0.15) is 5.26 Å². The molecule has 2 nitrogen and oxygen atoms in total. The van der Waals surface area contributed by atoms with Gasteiger partial charge < -0.3 is 5.32 Å². The van der Waals surface area contributed by atoms with Gasteiger partial charge in [0.2, 0.25) is 0 Å². The second-order valence-electron chi connectivity index (χ2n) is 5.44. The Bertz CT molecular complexity index is 688. The summed E-state index contributed by atoms with van der Waals surface area (Å²) in [5.74, 6) is -0.259. The lowest BCUT2D eigenvalue weighted by atomic mass is 9.87. The molecule has 1 N–H and O–H groups in total. The van der Waals surface area contributed by atoms with Crippen LogP contribution in [0.25, 0.3) is 0 Å². The molecule has 1 atom stereocenters. The number of fused-ring (bicyclic) bond motifs is 1. The number of hydrogen-bond acceptors (Lipinski definition) is 2. The van der Waals surface area contributed by atoms with Crippen molar-refractivity contribution < 1.29 is 4.39 Å². The molecule has 0 aromatic heterocycles. The molecule has 0 amide bonds. The number of nitrogens with zero attached hydrogens (tertiary/aromatic N) is 1. The van der Waals surface area contributed by atoms with Crippen LogP contribution in [0.1, 0.15) is 41.1 Å². The van der Waals surface area contributed by atoms with Crippen LogP contribution < -0.4 is 5.32 Å². The number of nitriles is 1. The second-order valence-corrected chi connectivity index (χ2v) is 5.44. The van der Waals surface area contributed by atoms with Gasteiger partial charge in [0, 0.05) is 18.2 Å². The number of rotatable bonds is 3. The third kappa shape index (κ3) is 2.96. The van der Waals surface area contributed by atoms with Crippen LogP contribution in [0.15, 0.2) is 42.5 Å². The van der Waals surface area contributed by atoms with Crippen LogP contribution in [-0.2, 0) is 13.0 Å². The van der Waals surface area contributed by atoms with E-state index < -0.39 is 0 Å². The standard InChI is InChI=1S/C18H17FN2/c19-17-9-8-13(11-20)10-15(17)12-21-18-7-3-5-14-4-1-2-6-16(14)18/h1-2,4,6,8-10,18,21H,3,5,7,12H2. The molecule has 1 aliphatic rings. The molecule has 106 valence electrons. The van der Waals surface area contributed by atoms with Gasteiger partial charge in [-0.25, -0.2) is 4.39 Å². The van der Waals surface area contributed by atoms with E-state index in [0.717, 1.165) is 19.3 Å². The van der Waals surface area contributed by atoms with E-state index in [9.17, 15) is 4.39 Å². The molecular weight excluding hydrogens is 263 g/mol. The smallest absolute Gasteiger partial charge is 0.127 e. The van der Waals surface area contributed by atoms with Crippen LogP contribution in [-0.4, -0.2) is 0 Å². The van der Waals surface area contributed by atoms with Crippen LogP contribution in [0.4, 0.5) is 4.39 Å². The lowest BCUT2D eigenvalue weighted by Gasteiger charge is -2.26. The molecule has 0 spiro atoms. The van der Waals surface area contributed by atoms with Gasteiger partial charge in [-0.1, -0.05) is 24.3 Å². The molecular formula is C18H17FN2. The Hall–Kier alpha value is -2.18. The summed E-state index contributed by atoms with van der Waals surface area (Å²) >= 11 is 0. The Morgan fingerprint density at radius 2 is 2.10 bits per heavy atom. The number of nitrogens with one attached hydrogen (secondary N) is 1. The van der Waals surface area contributed by atoms with Gasteiger partial charge in [-0.3, -0.25) is 0 Å².